The Hall–Kier alpha value is -1.01. The number of aryl methyl sites for hydroxylation is 1. The molecule has 0 atom stereocenters. The molecule has 108 valence electrons. The quantitative estimate of drug-likeness (QED) is 0.828. The number of nitrogens with zero attached hydrogens (tertiary/aromatic N) is 3. The van der Waals surface area contributed by atoms with E-state index in [1.165, 1.54) is 28.4 Å². The summed E-state index contributed by atoms with van der Waals surface area (Å²) in [5.74, 6) is 0.718. The summed E-state index contributed by atoms with van der Waals surface area (Å²) in [5.41, 5.74) is 1.22. The Morgan fingerprint density at radius 3 is 2.70 bits per heavy atom. The second kappa shape index (κ2) is 6.18. The van der Waals surface area contributed by atoms with Crippen molar-refractivity contribution in [2.24, 2.45) is 0 Å². The lowest BCUT2D eigenvalue weighted by molar-refractivity contribution is 0.880. The van der Waals surface area contributed by atoms with Crippen LogP contribution in [-0.2, 0) is 6.42 Å². The van der Waals surface area contributed by atoms with Crippen molar-refractivity contribution in [2.75, 3.05) is 11.9 Å². The fourth-order valence-corrected chi connectivity index (χ4v) is 4.21. The highest BCUT2D eigenvalue weighted by Crippen LogP contribution is 2.45. The van der Waals surface area contributed by atoms with Gasteiger partial charge in [0.1, 0.15) is 0 Å². The van der Waals surface area contributed by atoms with Gasteiger partial charge >= 0.3 is 0 Å². The first kappa shape index (κ1) is 13.9. The Bertz CT molecular complexity index is 571. The summed E-state index contributed by atoms with van der Waals surface area (Å²) >= 11 is 3.48. The SMILES string of the molecule is CCCNc1nnc(-c2sc(C3CC3)nc2CCC)s1. The molecule has 0 radical (unpaired) electrons. The van der Waals surface area contributed by atoms with Crippen molar-refractivity contribution in [3.8, 4) is 9.88 Å². The van der Waals surface area contributed by atoms with Crippen LogP contribution in [0.5, 0.6) is 0 Å². The van der Waals surface area contributed by atoms with Crippen LogP contribution in [0.2, 0.25) is 0 Å². The van der Waals surface area contributed by atoms with Crippen LogP contribution in [0.15, 0.2) is 0 Å². The highest BCUT2D eigenvalue weighted by Gasteiger charge is 2.29. The number of anilines is 1. The molecule has 0 amide bonds. The van der Waals surface area contributed by atoms with Gasteiger partial charge in [-0.3, -0.25) is 0 Å². The first-order valence-electron chi connectivity index (χ1n) is 7.39. The van der Waals surface area contributed by atoms with Crippen molar-refractivity contribution in [3.63, 3.8) is 0 Å². The van der Waals surface area contributed by atoms with Crippen molar-refractivity contribution >= 4 is 27.8 Å². The van der Waals surface area contributed by atoms with Crippen LogP contribution in [-0.4, -0.2) is 21.7 Å². The summed E-state index contributed by atoms with van der Waals surface area (Å²) in [4.78, 5) is 6.09. The molecule has 20 heavy (non-hydrogen) atoms. The average Bonchev–Trinajstić information content (AvgIpc) is 3.05. The molecule has 6 heteroatoms. The van der Waals surface area contributed by atoms with Crippen LogP contribution in [0.25, 0.3) is 9.88 Å². The summed E-state index contributed by atoms with van der Waals surface area (Å²) in [5, 5.41) is 15.1. The molecule has 0 spiro atoms. The topological polar surface area (TPSA) is 50.7 Å². The molecule has 4 nitrogen and oxygen atoms in total. The highest BCUT2D eigenvalue weighted by atomic mass is 32.1. The zero-order chi connectivity index (χ0) is 13.9. The Morgan fingerprint density at radius 2 is 2.00 bits per heavy atom. The predicted molar refractivity (Wildman–Crippen MR) is 85.8 cm³/mol. The molecular weight excluding hydrogens is 288 g/mol. The van der Waals surface area contributed by atoms with E-state index in [1.807, 2.05) is 11.3 Å². The fourth-order valence-electron chi connectivity index (χ4n) is 2.07. The van der Waals surface area contributed by atoms with Gasteiger partial charge in [-0.1, -0.05) is 31.6 Å². The number of nitrogens with one attached hydrogen (secondary N) is 1. The van der Waals surface area contributed by atoms with Gasteiger partial charge in [-0.15, -0.1) is 21.5 Å². The van der Waals surface area contributed by atoms with E-state index < -0.39 is 0 Å². The predicted octanol–water partition coefficient (Wildman–Crippen LogP) is 4.31. The molecule has 2 aromatic rings. The van der Waals surface area contributed by atoms with Crippen LogP contribution >= 0.6 is 22.7 Å². The second-order valence-electron chi connectivity index (χ2n) is 5.19. The number of hydrogen-bond acceptors (Lipinski definition) is 6. The molecule has 0 unspecified atom stereocenters. The van der Waals surface area contributed by atoms with Gasteiger partial charge in [0.15, 0.2) is 5.01 Å². The molecule has 1 aliphatic rings. The summed E-state index contributed by atoms with van der Waals surface area (Å²) in [6.45, 7) is 5.31. The average molecular weight is 308 g/mol. The molecule has 2 heterocycles. The minimum Gasteiger partial charge on any atom is -0.360 e. The van der Waals surface area contributed by atoms with E-state index in [0.29, 0.717) is 0 Å². The maximum Gasteiger partial charge on any atom is 0.206 e. The first-order valence-corrected chi connectivity index (χ1v) is 9.02. The minimum absolute atomic E-state index is 0.718. The van der Waals surface area contributed by atoms with Gasteiger partial charge in [0.05, 0.1) is 15.6 Å². The van der Waals surface area contributed by atoms with Crippen LogP contribution in [0.3, 0.4) is 0 Å². The molecule has 1 fully saturated rings. The zero-order valence-electron chi connectivity index (χ0n) is 12.0. The second-order valence-corrected chi connectivity index (χ2v) is 7.20. The van der Waals surface area contributed by atoms with Gasteiger partial charge in [0.2, 0.25) is 5.13 Å². The summed E-state index contributed by atoms with van der Waals surface area (Å²) in [6.07, 6.45) is 5.87. The number of thiazole rings is 1. The molecule has 3 rings (SSSR count). The van der Waals surface area contributed by atoms with Gasteiger partial charge in [0, 0.05) is 12.5 Å². The van der Waals surface area contributed by atoms with Crippen LogP contribution in [0.1, 0.15) is 56.2 Å². The van der Waals surface area contributed by atoms with Gasteiger partial charge in [-0.2, -0.15) is 0 Å². The smallest absolute Gasteiger partial charge is 0.206 e. The van der Waals surface area contributed by atoms with Crippen molar-refractivity contribution in [1.82, 2.24) is 15.2 Å². The van der Waals surface area contributed by atoms with Crippen molar-refractivity contribution in [3.05, 3.63) is 10.7 Å². The third-order valence-electron chi connectivity index (χ3n) is 3.27. The van der Waals surface area contributed by atoms with Crippen LogP contribution in [0.4, 0.5) is 5.13 Å². The van der Waals surface area contributed by atoms with Gasteiger partial charge < -0.3 is 5.32 Å². The maximum atomic E-state index is 4.85. The van der Waals surface area contributed by atoms with Crippen LogP contribution in [0, 0.1) is 0 Å². The highest BCUT2D eigenvalue weighted by molar-refractivity contribution is 7.23. The fraction of sp³-hybridized carbons (Fsp3) is 0.643. The number of aromatic nitrogens is 3. The molecule has 0 aromatic carbocycles. The Morgan fingerprint density at radius 1 is 1.15 bits per heavy atom. The first-order chi connectivity index (χ1) is 9.81. The summed E-state index contributed by atoms with van der Waals surface area (Å²) in [6, 6.07) is 0. The summed E-state index contributed by atoms with van der Waals surface area (Å²) in [7, 11) is 0. The van der Waals surface area contributed by atoms with E-state index in [9.17, 15) is 0 Å². The number of rotatable bonds is 7. The van der Waals surface area contributed by atoms with Crippen molar-refractivity contribution < 1.29 is 0 Å². The molecular formula is C14H20N4S2. The lowest BCUT2D eigenvalue weighted by Crippen LogP contribution is -1.98. The molecule has 1 aliphatic carbocycles. The molecule has 0 saturated heterocycles. The Labute approximate surface area is 127 Å². The van der Waals surface area contributed by atoms with Crippen LogP contribution < -0.4 is 5.32 Å². The Balaban J connectivity index is 1.85. The lowest BCUT2D eigenvalue weighted by atomic mass is 10.2. The molecule has 0 aliphatic heterocycles. The van der Waals surface area contributed by atoms with E-state index in [4.69, 9.17) is 4.98 Å². The third kappa shape index (κ3) is 3.01. The van der Waals surface area contributed by atoms with Gasteiger partial charge in [-0.25, -0.2) is 4.98 Å². The molecule has 1 N–H and O–H groups in total. The minimum atomic E-state index is 0.718. The maximum absolute atomic E-state index is 4.85. The van der Waals surface area contributed by atoms with Crippen molar-refractivity contribution in [1.29, 1.82) is 0 Å². The van der Waals surface area contributed by atoms with Crippen molar-refractivity contribution in [2.45, 2.75) is 51.9 Å². The molecule has 2 aromatic heterocycles. The monoisotopic (exact) mass is 308 g/mol. The van der Waals surface area contributed by atoms with E-state index in [1.54, 1.807) is 11.3 Å². The largest absolute Gasteiger partial charge is 0.360 e. The molecule has 1 saturated carbocycles. The summed E-state index contributed by atoms with van der Waals surface area (Å²) < 4.78 is 0. The zero-order valence-corrected chi connectivity index (χ0v) is 13.6. The standard InChI is InChI=1S/C14H20N4S2/c1-3-5-10-11(19-12(16-10)9-6-7-9)13-17-18-14(20-13)15-8-4-2/h9H,3-8H2,1-2H3,(H,15,18). The third-order valence-corrected chi connectivity index (χ3v) is 5.57. The number of hydrogen-bond donors (Lipinski definition) is 1. The van der Waals surface area contributed by atoms with E-state index in [0.717, 1.165) is 41.9 Å². The lowest BCUT2D eigenvalue weighted by Gasteiger charge is -1.96. The van der Waals surface area contributed by atoms with E-state index in [-0.39, 0.29) is 0 Å². The van der Waals surface area contributed by atoms with E-state index in [2.05, 4.69) is 29.4 Å². The normalized spacial score (nSPS) is 14.7. The van der Waals surface area contributed by atoms with E-state index >= 15 is 0 Å². The Kier molecular flexibility index (Phi) is 4.31. The van der Waals surface area contributed by atoms with Gasteiger partial charge in [0.25, 0.3) is 0 Å². The van der Waals surface area contributed by atoms with Gasteiger partial charge in [-0.05, 0) is 25.7 Å². The molecule has 0 bridgehead atoms.